The molecule has 5 amide bonds. The molecule has 2 aromatic rings. The lowest BCUT2D eigenvalue weighted by atomic mass is 10.0. The SMILES string of the molecule is C[C@H](NC(=O)[C@H](CC(N)=O)NC(=O)[C@@H](N)Cc1c[nH]c2ccccc12)C(=O)N[C@H](C(=O)N[C@@H](CCC(=O)O)C(=O)O)[C@@H](C)O. The smallest absolute Gasteiger partial charge is 0.326 e. The number of aliphatic carboxylic acids is 2. The molecule has 0 unspecified atom stereocenters. The minimum Gasteiger partial charge on any atom is -0.481 e. The maximum Gasteiger partial charge on any atom is 0.326 e. The summed E-state index contributed by atoms with van der Waals surface area (Å²) in [5, 5.41) is 37.8. The normalized spacial score (nSPS) is 15.1. The first-order valence-electron chi connectivity index (χ1n) is 13.5. The first-order valence-corrected chi connectivity index (χ1v) is 13.5. The Hall–Kier alpha value is -5.03. The third kappa shape index (κ3) is 10.4. The van der Waals surface area contributed by atoms with E-state index in [2.05, 4.69) is 26.3 Å². The monoisotopic (exact) mass is 619 g/mol. The van der Waals surface area contributed by atoms with Gasteiger partial charge in [-0.25, -0.2) is 4.79 Å². The number of rotatable bonds is 17. The van der Waals surface area contributed by atoms with Crippen LogP contribution in [-0.4, -0.2) is 98.1 Å². The van der Waals surface area contributed by atoms with Crippen molar-refractivity contribution in [3.05, 3.63) is 36.0 Å². The molecule has 240 valence electrons. The predicted octanol–water partition coefficient (Wildman–Crippen LogP) is -2.80. The van der Waals surface area contributed by atoms with Gasteiger partial charge in [0.15, 0.2) is 0 Å². The van der Waals surface area contributed by atoms with Crippen LogP contribution in [0.4, 0.5) is 0 Å². The first-order chi connectivity index (χ1) is 20.6. The third-order valence-electron chi connectivity index (χ3n) is 6.57. The van der Waals surface area contributed by atoms with Gasteiger partial charge in [-0.05, 0) is 38.3 Å². The van der Waals surface area contributed by atoms with Crippen molar-refractivity contribution in [1.29, 1.82) is 0 Å². The Balaban J connectivity index is 2.04. The summed E-state index contributed by atoms with van der Waals surface area (Å²) in [6, 6.07) is 0.0396. The number of nitrogens with one attached hydrogen (secondary N) is 5. The molecule has 0 fully saturated rings. The Bertz CT molecular complexity index is 1390. The van der Waals surface area contributed by atoms with E-state index in [9.17, 15) is 43.8 Å². The number of primary amides is 1. The summed E-state index contributed by atoms with van der Waals surface area (Å²) in [6.07, 6.45) is -1.38. The summed E-state index contributed by atoms with van der Waals surface area (Å²) in [7, 11) is 0. The van der Waals surface area contributed by atoms with Gasteiger partial charge in [-0.2, -0.15) is 0 Å². The zero-order valence-corrected chi connectivity index (χ0v) is 24.0. The number of aromatic amines is 1. The standard InChI is InChI=1S/C27H37N7O10/c1-12(23(39)34-22(13(2)35)26(42)32-18(27(43)44)7-8-21(37)38)31-25(41)19(10-20(29)36)33-24(40)16(28)9-14-11-30-17-6-4-3-5-15(14)17/h3-6,11-13,16,18-19,22,30,35H,7-10,28H2,1-2H3,(H2,29,36)(H,31,41)(H,32,42)(H,33,40)(H,34,39)(H,37,38)(H,43,44)/t12-,13+,16-,18-,19-,22-/m0/s1. The number of para-hydroxylation sites is 1. The summed E-state index contributed by atoms with van der Waals surface area (Å²) >= 11 is 0. The molecule has 17 nitrogen and oxygen atoms in total. The molecule has 6 atom stereocenters. The highest BCUT2D eigenvalue weighted by Crippen LogP contribution is 2.18. The number of benzene rings is 1. The van der Waals surface area contributed by atoms with Crippen molar-refractivity contribution in [3.8, 4) is 0 Å². The number of carboxylic acids is 2. The fraction of sp³-hybridized carbons (Fsp3) is 0.444. The van der Waals surface area contributed by atoms with Gasteiger partial charge < -0.3 is 53.0 Å². The number of fused-ring (bicyclic) bond motifs is 1. The van der Waals surface area contributed by atoms with Crippen molar-refractivity contribution in [3.63, 3.8) is 0 Å². The van der Waals surface area contributed by atoms with E-state index >= 15 is 0 Å². The maximum atomic E-state index is 12.9. The topological polar surface area (TPSA) is 296 Å². The van der Waals surface area contributed by atoms with Gasteiger partial charge in [0.25, 0.3) is 0 Å². The van der Waals surface area contributed by atoms with Crippen LogP contribution >= 0.6 is 0 Å². The lowest BCUT2D eigenvalue weighted by molar-refractivity contribution is -0.144. The van der Waals surface area contributed by atoms with Gasteiger partial charge in [-0.15, -0.1) is 0 Å². The molecule has 2 rings (SSSR count). The fourth-order valence-corrected chi connectivity index (χ4v) is 4.17. The largest absolute Gasteiger partial charge is 0.481 e. The van der Waals surface area contributed by atoms with Gasteiger partial charge in [0.1, 0.15) is 24.2 Å². The van der Waals surface area contributed by atoms with Crippen molar-refractivity contribution in [2.24, 2.45) is 11.5 Å². The van der Waals surface area contributed by atoms with E-state index in [1.165, 1.54) is 6.92 Å². The van der Waals surface area contributed by atoms with Gasteiger partial charge >= 0.3 is 11.9 Å². The van der Waals surface area contributed by atoms with Crippen LogP contribution in [0.2, 0.25) is 0 Å². The van der Waals surface area contributed by atoms with E-state index in [4.69, 9.17) is 16.6 Å². The zero-order valence-electron chi connectivity index (χ0n) is 24.0. The highest BCUT2D eigenvalue weighted by molar-refractivity contribution is 5.97. The summed E-state index contributed by atoms with van der Waals surface area (Å²) in [5.74, 6) is -7.61. The Morgan fingerprint density at radius 3 is 2.09 bits per heavy atom. The number of aliphatic hydroxyl groups is 1. The van der Waals surface area contributed by atoms with E-state index < -0.39 is 97.1 Å². The maximum absolute atomic E-state index is 12.9. The quantitative estimate of drug-likeness (QED) is 0.0862. The number of aliphatic hydroxyl groups excluding tert-OH is 1. The molecule has 12 N–H and O–H groups in total. The third-order valence-corrected chi connectivity index (χ3v) is 6.57. The van der Waals surface area contributed by atoms with Gasteiger partial charge in [-0.1, -0.05) is 18.2 Å². The Kier molecular flexibility index (Phi) is 12.8. The minimum absolute atomic E-state index is 0.0986. The second-order valence-corrected chi connectivity index (χ2v) is 10.2. The average Bonchev–Trinajstić information content (AvgIpc) is 3.34. The van der Waals surface area contributed by atoms with Crippen molar-refractivity contribution in [2.45, 2.75) is 75.8 Å². The van der Waals surface area contributed by atoms with Crippen LogP contribution in [0.3, 0.4) is 0 Å². The van der Waals surface area contributed by atoms with E-state index in [-0.39, 0.29) is 6.42 Å². The molecule has 0 bridgehead atoms. The molecule has 0 radical (unpaired) electrons. The molecule has 17 heteroatoms. The van der Waals surface area contributed by atoms with Crippen LogP contribution < -0.4 is 32.7 Å². The van der Waals surface area contributed by atoms with Gasteiger partial charge in [0.05, 0.1) is 18.6 Å². The molecule has 44 heavy (non-hydrogen) atoms. The van der Waals surface area contributed by atoms with Crippen molar-refractivity contribution in [1.82, 2.24) is 26.3 Å². The van der Waals surface area contributed by atoms with Gasteiger partial charge in [0.2, 0.25) is 29.5 Å². The second-order valence-electron chi connectivity index (χ2n) is 10.2. The lowest BCUT2D eigenvalue weighted by Crippen LogP contribution is -2.60. The summed E-state index contributed by atoms with van der Waals surface area (Å²) < 4.78 is 0. The number of hydrogen-bond acceptors (Lipinski definition) is 9. The van der Waals surface area contributed by atoms with Crippen LogP contribution in [0.15, 0.2) is 30.5 Å². The number of aromatic nitrogens is 1. The minimum atomic E-state index is -1.68. The molecule has 1 aromatic carbocycles. The van der Waals surface area contributed by atoms with Crippen LogP contribution in [0.25, 0.3) is 10.9 Å². The van der Waals surface area contributed by atoms with Gasteiger partial charge in [-0.3, -0.25) is 28.8 Å². The summed E-state index contributed by atoms with van der Waals surface area (Å²) in [4.78, 5) is 88.1. The zero-order chi connectivity index (χ0) is 33.1. The molecule has 0 spiro atoms. The van der Waals surface area contributed by atoms with Gasteiger partial charge in [0, 0.05) is 23.5 Å². The number of carbonyl (C=O) groups excluding carboxylic acids is 5. The molecular weight excluding hydrogens is 582 g/mol. The van der Waals surface area contributed by atoms with Crippen LogP contribution in [0.5, 0.6) is 0 Å². The first kappa shape index (κ1) is 35.2. The molecule has 0 saturated carbocycles. The number of H-pyrrole nitrogens is 1. The van der Waals surface area contributed by atoms with E-state index in [1.54, 1.807) is 6.20 Å². The lowest BCUT2D eigenvalue weighted by Gasteiger charge is -2.26. The molecule has 1 aromatic heterocycles. The van der Waals surface area contributed by atoms with E-state index in [0.29, 0.717) is 0 Å². The van der Waals surface area contributed by atoms with E-state index in [1.807, 2.05) is 24.3 Å². The molecule has 0 aliphatic rings. The highest BCUT2D eigenvalue weighted by atomic mass is 16.4. The van der Waals surface area contributed by atoms with Crippen LogP contribution in [-0.2, 0) is 40.0 Å². The Morgan fingerprint density at radius 2 is 1.50 bits per heavy atom. The number of carbonyl (C=O) groups is 7. The van der Waals surface area contributed by atoms with Crippen LogP contribution in [0.1, 0.15) is 38.7 Å². The molecule has 0 saturated heterocycles. The molecule has 0 aliphatic carbocycles. The highest BCUT2D eigenvalue weighted by Gasteiger charge is 2.33. The number of hydrogen-bond donors (Lipinski definition) is 10. The summed E-state index contributed by atoms with van der Waals surface area (Å²) in [6.45, 7) is 2.35. The van der Waals surface area contributed by atoms with Crippen molar-refractivity contribution in [2.75, 3.05) is 0 Å². The molecule has 1 heterocycles. The average molecular weight is 620 g/mol. The van der Waals surface area contributed by atoms with Crippen molar-refractivity contribution >= 4 is 52.4 Å². The number of nitrogens with two attached hydrogens (primary N) is 2. The number of carboxylic acid groups (broad SMARTS) is 2. The molecular formula is C27H37N7O10. The van der Waals surface area contributed by atoms with Crippen molar-refractivity contribution < 1.29 is 48.9 Å². The predicted molar refractivity (Wildman–Crippen MR) is 153 cm³/mol. The Morgan fingerprint density at radius 1 is 0.864 bits per heavy atom. The van der Waals surface area contributed by atoms with Crippen LogP contribution in [0, 0.1) is 0 Å². The number of amides is 5. The van der Waals surface area contributed by atoms with E-state index in [0.717, 1.165) is 23.4 Å². The summed E-state index contributed by atoms with van der Waals surface area (Å²) in [5.41, 5.74) is 12.9. The fourth-order valence-electron chi connectivity index (χ4n) is 4.17. The second kappa shape index (κ2) is 16.0. The molecule has 0 aliphatic heterocycles. The Labute approximate surface area is 251 Å².